The van der Waals surface area contributed by atoms with E-state index in [1.54, 1.807) is 36.4 Å². The Kier molecular flexibility index (Phi) is 6.10. The molecule has 2 N–H and O–H groups in total. The van der Waals surface area contributed by atoms with E-state index in [0.717, 1.165) is 22.7 Å². The van der Waals surface area contributed by atoms with Gasteiger partial charge in [-0.15, -0.1) is 10.2 Å². The summed E-state index contributed by atoms with van der Waals surface area (Å²) in [6, 6.07) is 22.7. The van der Waals surface area contributed by atoms with Crippen molar-refractivity contribution in [3.63, 3.8) is 0 Å². The largest absolute Gasteiger partial charge is 0.338 e. The third-order valence-electron chi connectivity index (χ3n) is 5.33. The van der Waals surface area contributed by atoms with Gasteiger partial charge in [0.1, 0.15) is 5.52 Å². The lowest BCUT2D eigenvalue weighted by atomic mass is 10.2. The molecule has 0 aliphatic rings. The number of nitrogens with one attached hydrogen (secondary N) is 2. The molecule has 0 aliphatic heterocycles. The Hall–Kier alpha value is -3.96. The second-order valence-corrected chi connectivity index (χ2v) is 10.5. The molecule has 176 valence electrons. The Bertz CT molecular complexity index is 1640. The molecular weight excluding hydrogens is 484 g/mol. The van der Waals surface area contributed by atoms with Crippen LogP contribution >= 0.6 is 11.8 Å². The first-order valence-electron chi connectivity index (χ1n) is 10.6. The van der Waals surface area contributed by atoms with Crippen LogP contribution < -0.4 is 9.62 Å². The van der Waals surface area contributed by atoms with Gasteiger partial charge in [-0.3, -0.25) is 9.10 Å². The Morgan fingerprint density at radius 2 is 1.77 bits per heavy atom. The van der Waals surface area contributed by atoms with E-state index in [2.05, 4.69) is 25.5 Å². The van der Waals surface area contributed by atoms with Crippen molar-refractivity contribution in [2.24, 2.45) is 0 Å². The first-order valence-corrected chi connectivity index (χ1v) is 13.0. The molecule has 0 atom stereocenters. The topological polar surface area (TPSA) is 121 Å². The number of hydrogen-bond donors (Lipinski definition) is 2. The maximum absolute atomic E-state index is 13.0. The van der Waals surface area contributed by atoms with Crippen LogP contribution in [0.1, 0.15) is 0 Å². The first-order chi connectivity index (χ1) is 16.9. The van der Waals surface area contributed by atoms with E-state index in [1.165, 1.54) is 23.5 Å². The van der Waals surface area contributed by atoms with Crippen molar-refractivity contribution >= 4 is 61.1 Å². The number of H-pyrrole nitrogens is 1. The van der Waals surface area contributed by atoms with Crippen LogP contribution in [0.15, 0.2) is 88.9 Å². The number of rotatable bonds is 7. The van der Waals surface area contributed by atoms with Crippen molar-refractivity contribution in [2.45, 2.75) is 10.1 Å². The van der Waals surface area contributed by atoms with Crippen LogP contribution in [0.2, 0.25) is 0 Å². The lowest BCUT2D eigenvalue weighted by molar-refractivity contribution is -0.113. The second-order valence-electron chi connectivity index (χ2n) is 7.63. The molecule has 0 bridgehead atoms. The monoisotopic (exact) mass is 504 g/mol. The van der Waals surface area contributed by atoms with E-state index >= 15 is 0 Å². The summed E-state index contributed by atoms with van der Waals surface area (Å²) in [6.07, 6.45) is 0. The smallest absolute Gasteiger partial charge is 0.264 e. The normalized spacial score (nSPS) is 11.6. The Morgan fingerprint density at radius 1 is 1.00 bits per heavy atom. The summed E-state index contributed by atoms with van der Waals surface area (Å²) in [6.45, 7) is 0. The molecule has 3 aromatic carbocycles. The molecule has 5 aromatic rings. The summed E-state index contributed by atoms with van der Waals surface area (Å²) in [7, 11) is -2.30. The lowest BCUT2D eigenvalue weighted by Crippen LogP contribution is -2.26. The fourth-order valence-electron chi connectivity index (χ4n) is 3.56. The Balaban J connectivity index is 1.26. The molecule has 5 rings (SSSR count). The fraction of sp³-hybridized carbons (Fsp3) is 0.0833. The minimum atomic E-state index is -3.79. The highest BCUT2D eigenvalue weighted by Crippen LogP contribution is 2.25. The van der Waals surface area contributed by atoms with Crippen LogP contribution in [-0.4, -0.2) is 47.3 Å². The highest BCUT2D eigenvalue weighted by atomic mass is 32.2. The second kappa shape index (κ2) is 9.35. The standard InChI is InChI=1S/C24H20N6O3S2/c1-30(17-9-3-2-4-10-17)35(32,33)18-11-7-8-16(14-18)25-21(31)15-34-24-27-23-22(28-29-24)19-12-5-6-13-20(19)26-23/h2-14H,15H2,1H3,(H,25,31)(H,26,27,29). The van der Waals surface area contributed by atoms with Gasteiger partial charge in [0.15, 0.2) is 5.65 Å². The summed E-state index contributed by atoms with van der Waals surface area (Å²) in [4.78, 5) is 20.3. The number of hydrogen-bond acceptors (Lipinski definition) is 7. The van der Waals surface area contributed by atoms with Crippen LogP contribution in [-0.2, 0) is 14.8 Å². The van der Waals surface area contributed by atoms with Crippen LogP contribution in [0, 0.1) is 0 Å². The van der Waals surface area contributed by atoms with Gasteiger partial charge < -0.3 is 10.3 Å². The number of para-hydroxylation sites is 2. The average Bonchev–Trinajstić information content (AvgIpc) is 3.25. The zero-order chi connectivity index (χ0) is 24.4. The van der Waals surface area contributed by atoms with E-state index in [1.807, 2.05) is 30.3 Å². The summed E-state index contributed by atoms with van der Waals surface area (Å²) in [5.74, 6) is -0.282. The van der Waals surface area contributed by atoms with Crippen LogP contribution in [0.4, 0.5) is 11.4 Å². The van der Waals surface area contributed by atoms with Gasteiger partial charge in [-0.05, 0) is 36.4 Å². The van der Waals surface area contributed by atoms with Gasteiger partial charge in [-0.25, -0.2) is 13.4 Å². The first kappa shape index (κ1) is 22.8. The summed E-state index contributed by atoms with van der Waals surface area (Å²) in [5, 5.41) is 12.4. The predicted octanol–water partition coefficient (Wildman–Crippen LogP) is 4.06. The number of carbonyl (C=O) groups is 1. The Labute approximate surface area is 205 Å². The zero-order valence-corrected chi connectivity index (χ0v) is 20.2. The van der Waals surface area contributed by atoms with Crippen molar-refractivity contribution in [1.82, 2.24) is 20.2 Å². The van der Waals surface area contributed by atoms with Gasteiger partial charge in [0, 0.05) is 23.6 Å². The van der Waals surface area contributed by atoms with E-state index in [4.69, 9.17) is 0 Å². The number of aromatic amines is 1. The number of nitrogens with zero attached hydrogens (tertiary/aromatic N) is 4. The number of aromatic nitrogens is 4. The third kappa shape index (κ3) is 4.68. The van der Waals surface area contributed by atoms with Gasteiger partial charge in [-0.1, -0.05) is 54.2 Å². The number of fused-ring (bicyclic) bond motifs is 3. The number of thioether (sulfide) groups is 1. The van der Waals surface area contributed by atoms with Gasteiger partial charge in [-0.2, -0.15) is 0 Å². The van der Waals surface area contributed by atoms with Crippen molar-refractivity contribution in [3.05, 3.63) is 78.9 Å². The van der Waals surface area contributed by atoms with Gasteiger partial charge in [0.05, 0.1) is 16.3 Å². The maximum atomic E-state index is 13.0. The lowest BCUT2D eigenvalue weighted by Gasteiger charge is -2.19. The summed E-state index contributed by atoms with van der Waals surface area (Å²) >= 11 is 1.14. The van der Waals surface area contributed by atoms with E-state index in [-0.39, 0.29) is 16.6 Å². The minimum Gasteiger partial charge on any atom is -0.338 e. The molecule has 1 amide bonds. The number of sulfonamides is 1. The molecular formula is C24H20N6O3S2. The molecule has 9 nitrogen and oxygen atoms in total. The van der Waals surface area contributed by atoms with Crippen molar-refractivity contribution in [3.8, 4) is 0 Å². The molecule has 0 aliphatic carbocycles. The Morgan fingerprint density at radius 3 is 2.60 bits per heavy atom. The third-order valence-corrected chi connectivity index (χ3v) is 7.95. The van der Waals surface area contributed by atoms with Gasteiger partial charge >= 0.3 is 0 Å². The van der Waals surface area contributed by atoms with Crippen molar-refractivity contribution in [1.29, 1.82) is 0 Å². The van der Waals surface area contributed by atoms with Gasteiger partial charge in [0.25, 0.3) is 10.0 Å². The average molecular weight is 505 g/mol. The zero-order valence-electron chi connectivity index (χ0n) is 18.5. The molecule has 0 fully saturated rings. The molecule has 0 unspecified atom stereocenters. The van der Waals surface area contributed by atoms with Crippen molar-refractivity contribution < 1.29 is 13.2 Å². The predicted molar refractivity (Wildman–Crippen MR) is 137 cm³/mol. The maximum Gasteiger partial charge on any atom is 0.264 e. The number of carbonyl (C=O) groups excluding carboxylic acids is 1. The molecule has 35 heavy (non-hydrogen) atoms. The molecule has 2 aromatic heterocycles. The highest BCUT2D eigenvalue weighted by molar-refractivity contribution is 7.99. The molecule has 0 radical (unpaired) electrons. The molecule has 11 heteroatoms. The van der Waals surface area contributed by atoms with Crippen LogP contribution in [0.25, 0.3) is 22.1 Å². The van der Waals surface area contributed by atoms with Crippen molar-refractivity contribution in [2.75, 3.05) is 22.4 Å². The number of anilines is 2. The van der Waals surface area contributed by atoms with Crippen LogP contribution in [0.3, 0.4) is 0 Å². The highest BCUT2D eigenvalue weighted by Gasteiger charge is 2.21. The van der Waals surface area contributed by atoms with E-state index in [0.29, 0.717) is 27.7 Å². The number of amides is 1. The molecule has 0 saturated carbocycles. The summed E-state index contributed by atoms with van der Waals surface area (Å²) < 4.78 is 27.3. The molecule has 2 heterocycles. The van der Waals surface area contributed by atoms with Gasteiger partial charge in [0.2, 0.25) is 11.1 Å². The van der Waals surface area contributed by atoms with Crippen LogP contribution in [0.5, 0.6) is 0 Å². The fourth-order valence-corrected chi connectivity index (χ4v) is 5.39. The molecule has 0 saturated heterocycles. The molecule has 0 spiro atoms. The number of benzene rings is 3. The quantitative estimate of drug-likeness (QED) is 0.321. The minimum absolute atomic E-state index is 0.0360. The SMILES string of the molecule is CN(c1ccccc1)S(=O)(=O)c1cccc(NC(=O)CSc2nnc3c(n2)[nH]c2ccccc23)c1. The van der Waals surface area contributed by atoms with E-state index in [9.17, 15) is 13.2 Å². The summed E-state index contributed by atoms with van der Waals surface area (Å²) in [5.41, 5.74) is 3.11. The van der Waals surface area contributed by atoms with E-state index < -0.39 is 10.0 Å².